The van der Waals surface area contributed by atoms with Gasteiger partial charge >= 0.3 is 0 Å². The maximum absolute atomic E-state index is 6.72. The number of imidazole rings is 1. The number of para-hydroxylation sites is 3. The average Bonchev–Trinajstić information content (AvgIpc) is 3.27. The second-order valence-corrected chi connectivity index (χ2v) is 8.85. The molecule has 1 aromatic heterocycles. The fourth-order valence-corrected chi connectivity index (χ4v) is 5.16. The zero-order valence-corrected chi connectivity index (χ0v) is 19.6. The molecular weight excluding hydrogens is 436 g/mol. The summed E-state index contributed by atoms with van der Waals surface area (Å²) >= 11 is 6.72. The maximum atomic E-state index is 6.72. The summed E-state index contributed by atoms with van der Waals surface area (Å²) in [4.78, 5) is 4.91. The van der Waals surface area contributed by atoms with E-state index in [-0.39, 0.29) is 0 Å². The van der Waals surface area contributed by atoms with E-state index in [1.165, 1.54) is 11.1 Å². The van der Waals surface area contributed by atoms with Gasteiger partial charge in [0.1, 0.15) is 5.82 Å². The molecule has 1 heterocycles. The summed E-state index contributed by atoms with van der Waals surface area (Å²) in [5.41, 5.74) is 7.88. The number of halogens is 1. The summed E-state index contributed by atoms with van der Waals surface area (Å²) < 4.78 is 2.30. The van der Waals surface area contributed by atoms with Crippen molar-refractivity contribution in [1.29, 1.82) is 0 Å². The molecule has 0 spiro atoms. The van der Waals surface area contributed by atoms with Crippen molar-refractivity contribution in [3.8, 4) is 27.9 Å². The minimum atomic E-state index is 0.769. The first kappa shape index (κ1) is 20.7. The Hall–Kier alpha value is -3.88. The third-order valence-corrected chi connectivity index (χ3v) is 6.74. The van der Waals surface area contributed by atoms with E-state index >= 15 is 0 Å². The predicted octanol–water partition coefficient (Wildman–Crippen LogP) is 8.73. The Morgan fingerprint density at radius 2 is 1.38 bits per heavy atom. The van der Waals surface area contributed by atoms with E-state index in [1.807, 2.05) is 12.1 Å². The van der Waals surface area contributed by atoms with Gasteiger partial charge in [0.2, 0.25) is 0 Å². The van der Waals surface area contributed by atoms with Crippen molar-refractivity contribution >= 4 is 33.4 Å². The fourth-order valence-electron chi connectivity index (χ4n) is 4.87. The molecule has 6 aromatic rings. The van der Waals surface area contributed by atoms with Crippen LogP contribution in [0, 0.1) is 0 Å². The van der Waals surface area contributed by atoms with Crippen molar-refractivity contribution in [3.05, 3.63) is 120 Å². The highest BCUT2D eigenvalue weighted by Gasteiger charge is 2.17. The SMILES string of the molecule is CCc1nc2ccccc2n1-c1ccccc1-c1ccccc1-c1cc(Cl)c2ccccc2c1. The molecule has 3 heteroatoms. The molecule has 0 aliphatic heterocycles. The molecule has 0 aliphatic carbocycles. The summed E-state index contributed by atoms with van der Waals surface area (Å²) in [7, 11) is 0. The number of aryl methyl sites for hydroxylation is 1. The van der Waals surface area contributed by atoms with Gasteiger partial charge in [0, 0.05) is 22.4 Å². The fraction of sp³-hybridized carbons (Fsp3) is 0.0645. The standard InChI is InChI=1S/C31H23ClN2/c1-2-31-33-28-16-8-10-18-30(28)34(31)29-17-9-7-15-26(29)25-14-6-5-12-23(25)22-19-21-11-3-4-13-24(21)27(32)20-22/h3-20H,2H2,1H3. The lowest BCUT2D eigenvalue weighted by Gasteiger charge is -2.17. The third-order valence-electron chi connectivity index (χ3n) is 6.43. The molecule has 0 amide bonds. The first-order valence-electron chi connectivity index (χ1n) is 11.6. The predicted molar refractivity (Wildman–Crippen MR) is 144 cm³/mol. The number of hydrogen-bond donors (Lipinski definition) is 0. The topological polar surface area (TPSA) is 17.8 Å². The molecule has 0 atom stereocenters. The summed E-state index contributed by atoms with van der Waals surface area (Å²) in [6.45, 7) is 2.16. The highest BCUT2D eigenvalue weighted by molar-refractivity contribution is 6.36. The molecule has 0 radical (unpaired) electrons. The smallest absolute Gasteiger partial charge is 0.114 e. The zero-order valence-electron chi connectivity index (χ0n) is 18.9. The second kappa shape index (κ2) is 8.48. The number of aromatic nitrogens is 2. The van der Waals surface area contributed by atoms with E-state index in [9.17, 15) is 0 Å². The molecule has 2 nitrogen and oxygen atoms in total. The van der Waals surface area contributed by atoms with Crippen LogP contribution in [0.3, 0.4) is 0 Å². The monoisotopic (exact) mass is 458 g/mol. The third kappa shape index (κ3) is 3.39. The maximum Gasteiger partial charge on any atom is 0.114 e. The number of benzene rings is 5. The van der Waals surface area contributed by atoms with Crippen LogP contribution in [0.15, 0.2) is 109 Å². The van der Waals surface area contributed by atoms with Crippen molar-refractivity contribution in [3.63, 3.8) is 0 Å². The minimum Gasteiger partial charge on any atom is -0.296 e. The van der Waals surface area contributed by atoms with Crippen LogP contribution < -0.4 is 0 Å². The Balaban J connectivity index is 1.61. The highest BCUT2D eigenvalue weighted by Crippen LogP contribution is 2.39. The molecule has 34 heavy (non-hydrogen) atoms. The van der Waals surface area contributed by atoms with Crippen LogP contribution in [0.1, 0.15) is 12.7 Å². The lowest BCUT2D eigenvalue weighted by molar-refractivity contribution is 0.909. The molecule has 0 bridgehead atoms. The molecule has 0 N–H and O–H groups in total. The number of fused-ring (bicyclic) bond motifs is 2. The molecule has 0 saturated heterocycles. The van der Waals surface area contributed by atoms with Crippen LogP contribution >= 0.6 is 11.6 Å². The van der Waals surface area contributed by atoms with Crippen LogP contribution in [-0.2, 0) is 6.42 Å². The summed E-state index contributed by atoms with van der Waals surface area (Å²) in [5, 5.41) is 2.98. The molecule has 0 unspecified atom stereocenters. The lowest BCUT2D eigenvalue weighted by Crippen LogP contribution is -2.02. The van der Waals surface area contributed by atoms with Crippen LogP contribution in [0.5, 0.6) is 0 Å². The van der Waals surface area contributed by atoms with Gasteiger partial charge in [0.25, 0.3) is 0 Å². The first-order chi connectivity index (χ1) is 16.7. The first-order valence-corrected chi connectivity index (χ1v) is 12.0. The van der Waals surface area contributed by atoms with E-state index in [0.717, 1.165) is 55.9 Å². The molecule has 0 aliphatic rings. The van der Waals surface area contributed by atoms with Crippen molar-refractivity contribution in [2.24, 2.45) is 0 Å². The van der Waals surface area contributed by atoms with Gasteiger partial charge in [0.15, 0.2) is 0 Å². The Kier molecular flexibility index (Phi) is 5.16. The van der Waals surface area contributed by atoms with Crippen LogP contribution in [0.25, 0.3) is 49.7 Å². The number of nitrogens with zero attached hydrogens (tertiary/aromatic N) is 2. The Bertz CT molecular complexity index is 1660. The van der Waals surface area contributed by atoms with Crippen molar-refractivity contribution < 1.29 is 0 Å². The molecule has 0 saturated carbocycles. The Morgan fingerprint density at radius 3 is 2.24 bits per heavy atom. The van der Waals surface area contributed by atoms with Crippen molar-refractivity contribution in [2.75, 3.05) is 0 Å². The van der Waals surface area contributed by atoms with E-state index in [2.05, 4.69) is 109 Å². The van der Waals surface area contributed by atoms with E-state index in [4.69, 9.17) is 16.6 Å². The second-order valence-electron chi connectivity index (χ2n) is 8.45. The van der Waals surface area contributed by atoms with Gasteiger partial charge in [-0.2, -0.15) is 0 Å². The van der Waals surface area contributed by atoms with Gasteiger partial charge < -0.3 is 0 Å². The van der Waals surface area contributed by atoms with Crippen molar-refractivity contribution in [2.45, 2.75) is 13.3 Å². The number of hydrogen-bond acceptors (Lipinski definition) is 1. The largest absolute Gasteiger partial charge is 0.296 e. The average molecular weight is 459 g/mol. The summed E-state index contributed by atoms with van der Waals surface area (Å²) in [5.74, 6) is 1.06. The summed E-state index contributed by atoms with van der Waals surface area (Å²) in [6.07, 6.45) is 0.852. The lowest BCUT2D eigenvalue weighted by atomic mass is 9.92. The van der Waals surface area contributed by atoms with E-state index in [1.54, 1.807) is 0 Å². The van der Waals surface area contributed by atoms with Gasteiger partial charge in [-0.1, -0.05) is 97.4 Å². The van der Waals surface area contributed by atoms with Gasteiger partial charge in [-0.3, -0.25) is 4.57 Å². The van der Waals surface area contributed by atoms with Gasteiger partial charge in [0.05, 0.1) is 16.7 Å². The normalized spacial score (nSPS) is 11.4. The number of rotatable bonds is 4. The molecule has 0 fully saturated rings. The zero-order chi connectivity index (χ0) is 23.1. The minimum absolute atomic E-state index is 0.769. The van der Waals surface area contributed by atoms with E-state index in [0.29, 0.717) is 0 Å². The van der Waals surface area contributed by atoms with Crippen molar-refractivity contribution in [1.82, 2.24) is 9.55 Å². The molecule has 6 rings (SSSR count). The Morgan fingerprint density at radius 1 is 0.706 bits per heavy atom. The highest BCUT2D eigenvalue weighted by atomic mass is 35.5. The molecule has 164 valence electrons. The quantitative estimate of drug-likeness (QED) is 0.258. The summed E-state index contributed by atoms with van der Waals surface area (Å²) in [6, 6.07) is 38.1. The van der Waals surface area contributed by atoms with Crippen LogP contribution in [0.2, 0.25) is 5.02 Å². The molecule has 5 aromatic carbocycles. The van der Waals surface area contributed by atoms with Gasteiger partial charge in [-0.25, -0.2) is 4.98 Å². The van der Waals surface area contributed by atoms with E-state index < -0.39 is 0 Å². The van der Waals surface area contributed by atoms with Gasteiger partial charge in [-0.15, -0.1) is 0 Å². The van der Waals surface area contributed by atoms with Crippen LogP contribution in [-0.4, -0.2) is 9.55 Å². The Labute approximate surface area is 204 Å². The van der Waals surface area contributed by atoms with Crippen LogP contribution in [0.4, 0.5) is 0 Å². The van der Waals surface area contributed by atoms with Gasteiger partial charge in [-0.05, 0) is 52.4 Å². The molecular formula is C31H23ClN2.